The second-order valence-electron chi connectivity index (χ2n) is 10.2. The second kappa shape index (κ2) is 12.5. The average molecular weight is 557 g/mol. The Bertz CT molecular complexity index is 1230. The van der Waals surface area contributed by atoms with Crippen LogP contribution < -0.4 is 10.5 Å². The summed E-state index contributed by atoms with van der Waals surface area (Å²) in [5, 5.41) is 9.88. The van der Waals surface area contributed by atoms with E-state index in [2.05, 4.69) is 11.0 Å². The van der Waals surface area contributed by atoms with Gasteiger partial charge in [-0.05, 0) is 57.6 Å². The Hall–Kier alpha value is -2.64. The molecule has 3 aliphatic rings. The minimum atomic E-state index is -0.318. The fourth-order valence-corrected chi connectivity index (χ4v) is 7.15. The molecule has 2 aliphatic heterocycles. The number of hydrogen-bond acceptors (Lipinski definition) is 8. The van der Waals surface area contributed by atoms with E-state index in [0.29, 0.717) is 71.7 Å². The summed E-state index contributed by atoms with van der Waals surface area (Å²) in [6.07, 6.45) is 9.06. The minimum Gasteiger partial charge on any atom is -0.466 e. The number of pyridine rings is 1. The lowest BCUT2D eigenvalue weighted by atomic mass is 9.94. The van der Waals surface area contributed by atoms with Crippen LogP contribution in [0.15, 0.2) is 9.70 Å². The molecule has 0 atom stereocenters. The molecule has 204 valence electrons. The van der Waals surface area contributed by atoms with Crippen LogP contribution in [0.1, 0.15) is 81.9 Å². The fourth-order valence-electron chi connectivity index (χ4n) is 5.77. The van der Waals surface area contributed by atoms with Crippen molar-refractivity contribution >= 4 is 52.1 Å². The molecule has 1 aromatic heterocycles. The van der Waals surface area contributed by atoms with Crippen molar-refractivity contribution in [3.05, 3.63) is 31.9 Å². The number of amides is 1. The zero-order valence-electron chi connectivity index (χ0n) is 22.5. The number of nitriles is 1. The number of anilines is 1. The Kier molecular flexibility index (Phi) is 9.32. The molecule has 4 rings (SSSR count). The standard InChI is InChI=1S/C28H36N4O4S2/c1-4-13-31-24(30-14-11-19(12-15-30)27(35)36-5-2)21(18(3)22(17-29)25(31)33)16-23-26(34)32(28(37)38-23)20-9-7-6-8-10-20/h16,19-20H,4-15H2,1-3H3/b23-16-. The smallest absolute Gasteiger partial charge is 0.309 e. The van der Waals surface area contributed by atoms with Gasteiger partial charge in [0, 0.05) is 31.2 Å². The van der Waals surface area contributed by atoms with E-state index in [0.717, 1.165) is 25.7 Å². The Morgan fingerprint density at radius 1 is 1.16 bits per heavy atom. The molecule has 0 bridgehead atoms. The van der Waals surface area contributed by atoms with Crippen LogP contribution >= 0.6 is 24.0 Å². The predicted octanol–water partition coefficient (Wildman–Crippen LogP) is 4.75. The molecule has 1 amide bonds. The average Bonchev–Trinajstić information content (AvgIpc) is 3.20. The number of rotatable bonds is 7. The predicted molar refractivity (Wildman–Crippen MR) is 154 cm³/mol. The molecule has 10 heteroatoms. The third kappa shape index (κ3) is 5.55. The van der Waals surface area contributed by atoms with Gasteiger partial charge in [0.1, 0.15) is 21.8 Å². The molecule has 0 radical (unpaired) electrons. The molecule has 0 N–H and O–H groups in total. The van der Waals surface area contributed by atoms with Crippen molar-refractivity contribution in [2.45, 2.75) is 84.7 Å². The second-order valence-corrected chi connectivity index (χ2v) is 11.8. The van der Waals surface area contributed by atoms with Crippen molar-refractivity contribution < 1.29 is 14.3 Å². The minimum absolute atomic E-state index is 0.0926. The van der Waals surface area contributed by atoms with Crippen LogP contribution in [-0.2, 0) is 20.9 Å². The highest BCUT2D eigenvalue weighted by molar-refractivity contribution is 8.26. The van der Waals surface area contributed by atoms with Gasteiger partial charge in [-0.15, -0.1) is 0 Å². The van der Waals surface area contributed by atoms with Crippen molar-refractivity contribution in [1.82, 2.24) is 9.47 Å². The Morgan fingerprint density at radius 2 is 1.84 bits per heavy atom. The Balaban J connectivity index is 1.77. The van der Waals surface area contributed by atoms with Crippen LogP contribution in [0, 0.1) is 24.2 Å². The number of thioether (sulfide) groups is 1. The third-order valence-corrected chi connectivity index (χ3v) is 9.08. The highest BCUT2D eigenvalue weighted by Gasteiger charge is 2.38. The van der Waals surface area contributed by atoms with Gasteiger partial charge >= 0.3 is 5.97 Å². The van der Waals surface area contributed by atoms with E-state index in [1.165, 1.54) is 18.2 Å². The summed E-state index contributed by atoms with van der Waals surface area (Å²) in [6.45, 7) is 7.52. The zero-order chi connectivity index (χ0) is 27.4. The van der Waals surface area contributed by atoms with Gasteiger partial charge in [-0.1, -0.05) is 50.2 Å². The van der Waals surface area contributed by atoms with Crippen LogP contribution in [0.2, 0.25) is 0 Å². The lowest BCUT2D eigenvalue weighted by Gasteiger charge is -2.35. The summed E-state index contributed by atoms with van der Waals surface area (Å²) in [5.41, 5.74) is 1.04. The van der Waals surface area contributed by atoms with Crippen molar-refractivity contribution in [3.63, 3.8) is 0 Å². The lowest BCUT2D eigenvalue weighted by Crippen LogP contribution is -2.41. The van der Waals surface area contributed by atoms with Crippen LogP contribution in [0.5, 0.6) is 0 Å². The van der Waals surface area contributed by atoms with Gasteiger partial charge in [0.25, 0.3) is 11.5 Å². The van der Waals surface area contributed by atoms with Gasteiger partial charge in [-0.2, -0.15) is 5.26 Å². The van der Waals surface area contributed by atoms with Crippen molar-refractivity contribution in [2.24, 2.45) is 5.92 Å². The molecule has 1 aromatic rings. The molecule has 3 heterocycles. The van der Waals surface area contributed by atoms with Crippen LogP contribution in [0.25, 0.3) is 6.08 Å². The summed E-state index contributed by atoms with van der Waals surface area (Å²) in [7, 11) is 0. The normalized spacial score (nSPS) is 20.3. The maximum absolute atomic E-state index is 13.6. The Labute approximate surface area is 234 Å². The van der Waals surface area contributed by atoms with Crippen LogP contribution in [0.3, 0.4) is 0 Å². The van der Waals surface area contributed by atoms with E-state index in [1.807, 2.05) is 13.0 Å². The van der Waals surface area contributed by atoms with E-state index < -0.39 is 0 Å². The van der Waals surface area contributed by atoms with E-state index in [-0.39, 0.29) is 35.0 Å². The maximum atomic E-state index is 13.6. The molecule has 0 spiro atoms. The first kappa shape index (κ1) is 28.4. The molecule has 8 nitrogen and oxygen atoms in total. The van der Waals surface area contributed by atoms with Crippen molar-refractivity contribution in [1.29, 1.82) is 5.26 Å². The van der Waals surface area contributed by atoms with E-state index in [1.54, 1.807) is 23.3 Å². The first-order chi connectivity index (χ1) is 18.3. The molecule has 0 unspecified atom stereocenters. The van der Waals surface area contributed by atoms with Crippen molar-refractivity contribution in [2.75, 3.05) is 24.6 Å². The molecule has 38 heavy (non-hydrogen) atoms. The van der Waals surface area contributed by atoms with Gasteiger partial charge in [0.2, 0.25) is 0 Å². The number of carbonyl (C=O) groups excluding carboxylic acids is 2. The first-order valence-electron chi connectivity index (χ1n) is 13.7. The van der Waals surface area contributed by atoms with Gasteiger partial charge in [-0.25, -0.2) is 0 Å². The molecule has 2 saturated heterocycles. The zero-order valence-corrected chi connectivity index (χ0v) is 24.1. The maximum Gasteiger partial charge on any atom is 0.309 e. The third-order valence-electron chi connectivity index (χ3n) is 7.75. The number of nitrogens with zero attached hydrogens (tertiary/aromatic N) is 4. The van der Waals surface area contributed by atoms with Gasteiger partial charge < -0.3 is 9.64 Å². The van der Waals surface area contributed by atoms with Gasteiger partial charge in [0.05, 0.1) is 17.4 Å². The number of piperidine rings is 1. The lowest BCUT2D eigenvalue weighted by molar-refractivity contribution is -0.148. The number of aromatic nitrogens is 1. The summed E-state index contributed by atoms with van der Waals surface area (Å²) in [5.74, 6) is 0.261. The summed E-state index contributed by atoms with van der Waals surface area (Å²) >= 11 is 6.94. The number of hydrogen-bond donors (Lipinski definition) is 0. The SMILES string of the molecule is CCCn1c(N2CCC(C(=O)OCC)CC2)c(/C=C2\SC(=S)N(C3CCCCC3)C2=O)c(C)c(C#N)c1=O. The number of esters is 1. The first-order valence-corrected chi connectivity index (χ1v) is 14.9. The molecule has 3 fully saturated rings. The van der Waals surface area contributed by atoms with Crippen LogP contribution in [0.4, 0.5) is 5.82 Å². The van der Waals surface area contributed by atoms with Gasteiger partial charge in [-0.3, -0.25) is 23.9 Å². The fraction of sp³-hybridized carbons (Fsp3) is 0.607. The number of ether oxygens (including phenoxy) is 1. The number of thiocarbonyl (C=S) groups is 1. The monoisotopic (exact) mass is 556 g/mol. The van der Waals surface area contributed by atoms with Crippen LogP contribution in [-0.4, -0.2) is 51.4 Å². The van der Waals surface area contributed by atoms with Crippen molar-refractivity contribution in [3.8, 4) is 6.07 Å². The number of carbonyl (C=O) groups is 2. The highest BCUT2D eigenvalue weighted by atomic mass is 32.2. The summed E-state index contributed by atoms with van der Waals surface area (Å²) in [4.78, 5) is 43.7. The quantitative estimate of drug-likeness (QED) is 0.270. The summed E-state index contributed by atoms with van der Waals surface area (Å²) < 4.78 is 7.48. The van der Waals surface area contributed by atoms with E-state index >= 15 is 0 Å². The molecule has 1 saturated carbocycles. The highest BCUT2D eigenvalue weighted by Crippen LogP contribution is 2.39. The molecule has 1 aliphatic carbocycles. The topological polar surface area (TPSA) is 95.6 Å². The Morgan fingerprint density at radius 3 is 2.45 bits per heavy atom. The largest absolute Gasteiger partial charge is 0.466 e. The van der Waals surface area contributed by atoms with E-state index in [9.17, 15) is 19.6 Å². The van der Waals surface area contributed by atoms with Gasteiger partial charge in [0.15, 0.2) is 0 Å². The van der Waals surface area contributed by atoms with E-state index in [4.69, 9.17) is 17.0 Å². The molecular formula is C28H36N4O4S2. The molecule has 0 aromatic carbocycles. The molecular weight excluding hydrogens is 520 g/mol. The summed E-state index contributed by atoms with van der Waals surface area (Å²) in [6, 6.07) is 2.24.